The summed E-state index contributed by atoms with van der Waals surface area (Å²) in [5.74, 6) is 1.26. The molecule has 9 heteroatoms. The lowest BCUT2D eigenvalue weighted by Crippen LogP contribution is -2.22. The number of benzene rings is 2. The van der Waals surface area contributed by atoms with E-state index in [-0.39, 0.29) is 12.1 Å². The fraction of sp³-hybridized carbons (Fsp3) is 0.385. The van der Waals surface area contributed by atoms with E-state index in [0.717, 1.165) is 49.0 Å². The summed E-state index contributed by atoms with van der Waals surface area (Å²) >= 11 is 0. The van der Waals surface area contributed by atoms with Crippen molar-refractivity contribution < 1.29 is 17.9 Å². The van der Waals surface area contributed by atoms with Gasteiger partial charge in [0.15, 0.2) is 0 Å². The van der Waals surface area contributed by atoms with Crippen LogP contribution in [0.5, 0.6) is 0 Å². The van der Waals surface area contributed by atoms with Crippen LogP contribution in [-0.2, 0) is 11.3 Å². The molecule has 1 N–H and O–H groups in total. The molecule has 0 saturated carbocycles. The molecule has 0 amide bonds. The minimum Gasteiger partial charge on any atom is -0.381 e. The minimum absolute atomic E-state index is 0.0286. The number of hydrogen-bond acceptors (Lipinski definition) is 5. The molecule has 2 aromatic carbocycles. The molecule has 0 radical (unpaired) electrons. The van der Waals surface area contributed by atoms with Crippen molar-refractivity contribution in [3.05, 3.63) is 65.7 Å². The Morgan fingerprint density at radius 1 is 1.11 bits per heavy atom. The van der Waals surface area contributed by atoms with Crippen molar-refractivity contribution in [3.8, 4) is 0 Å². The van der Waals surface area contributed by atoms with Gasteiger partial charge in [-0.15, -0.1) is 0 Å². The summed E-state index contributed by atoms with van der Waals surface area (Å²) in [7, 11) is 0. The smallest absolute Gasteiger partial charge is 0.266 e. The Kier molecular flexibility index (Phi) is 6.51. The second-order valence-corrected chi connectivity index (χ2v) is 8.70. The van der Waals surface area contributed by atoms with E-state index in [1.54, 1.807) is 6.20 Å². The van der Waals surface area contributed by atoms with Gasteiger partial charge in [-0.2, -0.15) is 4.98 Å². The molecule has 6 rings (SSSR count). The van der Waals surface area contributed by atoms with E-state index in [4.69, 9.17) is 4.74 Å². The molecule has 2 unspecified atom stereocenters. The van der Waals surface area contributed by atoms with Gasteiger partial charge in [-0.3, -0.25) is 4.40 Å². The van der Waals surface area contributed by atoms with Crippen molar-refractivity contribution in [1.29, 1.82) is 0 Å². The Labute approximate surface area is 201 Å². The van der Waals surface area contributed by atoms with E-state index < -0.39 is 17.8 Å². The summed E-state index contributed by atoms with van der Waals surface area (Å²) in [6.07, 6.45) is 0.655. The Hall–Kier alpha value is -3.33. The molecule has 0 bridgehead atoms. The zero-order valence-electron chi connectivity index (χ0n) is 19.7. The summed E-state index contributed by atoms with van der Waals surface area (Å²) < 4.78 is 48.2. The molecule has 2 aliphatic heterocycles. The first-order chi connectivity index (χ1) is 17.1. The molecular formula is C26H28F3N5O. The maximum atomic E-state index is 14.6. The lowest BCUT2D eigenvalue weighted by Gasteiger charge is -2.21. The average Bonchev–Trinajstić information content (AvgIpc) is 3.60. The molecule has 4 aromatic rings. The fourth-order valence-corrected chi connectivity index (χ4v) is 4.96. The van der Waals surface area contributed by atoms with Crippen molar-refractivity contribution in [2.45, 2.75) is 26.8 Å². The number of nitrogens with one attached hydrogen (secondary N) is 1. The zero-order chi connectivity index (χ0) is 24.5. The van der Waals surface area contributed by atoms with Crippen LogP contribution in [0, 0.1) is 17.7 Å². The SMILES string of the molecule is CC.Fc1c(CNc2nc3nccn3c3ccc(N4CC5COCC5C4)cc23)cccc1C(F)F. The van der Waals surface area contributed by atoms with Gasteiger partial charge in [0.2, 0.25) is 5.78 Å². The monoisotopic (exact) mass is 483 g/mol. The summed E-state index contributed by atoms with van der Waals surface area (Å²) in [5.41, 5.74) is 1.57. The predicted molar refractivity (Wildman–Crippen MR) is 131 cm³/mol. The van der Waals surface area contributed by atoms with Gasteiger partial charge in [-0.25, -0.2) is 18.2 Å². The van der Waals surface area contributed by atoms with Gasteiger partial charge in [0.05, 0.1) is 24.3 Å². The van der Waals surface area contributed by atoms with E-state index in [1.807, 2.05) is 30.5 Å². The Morgan fingerprint density at radius 3 is 2.63 bits per heavy atom. The summed E-state index contributed by atoms with van der Waals surface area (Å²) in [4.78, 5) is 11.3. The molecule has 2 aromatic heterocycles. The van der Waals surface area contributed by atoms with E-state index >= 15 is 0 Å². The quantitative estimate of drug-likeness (QED) is 0.396. The van der Waals surface area contributed by atoms with Crippen LogP contribution in [0.2, 0.25) is 0 Å². The Balaban J connectivity index is 0.00000124. The van der Waals surface area contributed by atoms with Gasteiger partial charge < -0.3 is 15.0 Å². The number of rotatable bonds is 5. The largest absolute Gasteiger partial charge is 0.381 e. The van der Waals surface area contributed by atoms with Crippen LogP contribution in [0.15, 0.2) is 48.8 Å². The van der Waals surface area contributed by atoms with Crippen LogP contribution in [0.1, 0.15) is 31.4 Å². The third-order valence-electron chi connectivity index (χ3n) is 6.72. The molecule has 2 saturated heterocycles. The number of hydrogen-bond donors (Lipinski definition) is 1. The summed E-state index contributed by atoms with van der Waals surface area (Å²) in [6.45, 7) is 7.54. The number of imidazole rings is 1. The summed E-state index contributed by atoms with van der Waals surface area (Å²) in [6, 6.07) is 10.3. The van der Waals surface area contributed by atoms with Crippen molar-refractivity contribution in [2.75, 3.05) is 36.5 Å². The molecule has 2 atom stereocenters. The second-order valence-electron chi connectivity index (χ2n) is 8.70. The zero-order valence-corrected chi connectivity index (χ0v) is 19.7. The summed E-state index contributed by atoms with van der Waals surface area (Å²) in [5, 5.41) is 4.02. The van der Waals surface area contributed by atoms with Crippen LogP contribution >= 0.6 is 0 Å². The van der Waals surface area contributed by atoms with Crippen molar-refractivity contribution >= 4 is 28.2 Å². The molecule has 0 aliphatic carbocycles. The molecular weight excluding hydrogens is 455 g/mol. The number of fused-ring (bicyclic) bond motifs is 4. The molecule has 0 spiro atoms. The average molecular weight is 484 g/mol. The molecule has 2 aliphatic rings. The van der Waals surface area contributed by atoms with Crippen molar-refractivity contribution in [1.82, 2.24) is 14.4 Å². The number of halogens is 3. The predicted octanol–water partition coefficient (Wildman–Crippen LogP) is 5.68. The van der Waals surface area contributed by atoms with Crippen LogP contribution in [0.4, 0.5) is 24.7 Å². The standard InChI is InChI=1S/C24H22F3N5O.C2H6/c25-21-14(2-1-3-18(21)22(26)27)9-29-23-19-8-17(31-10-15-12-33-13-16(15)11-31)4-5-20(19)32-7-6-28-24(32)30-23;1-2/h1-8,15-16,22H,9-13H2,(H,28,29,30);1-2H3. The molecule has 2 fully saturated rings. The van der Waals surface area contributed by atoms with E-state index in [1.165, 1.54) is 12.1 Å². The highest BCUT2D eigenvalue weighted by Gasteiger charge is 2.37. The first kappa shape index (κ1) is 23.4. The Morgan fingerprint density at radius 2 is 1.89 bits per heavy atom. The number of aromatic nitrogens is 3. The third kappa shape index (κ3) is 4.29. The van der Waals surface area contributed by atoms with Gasteiger partial charge in [0, 0.05) is 60.5 Å². The van der Waals surface area contributed by atoms with Gasteiger partial charge >= 0.3 is 0 Å². The highest BCUT2D eigenvalue weighted by Crippen LogP contribution is 2.35. The normalized spacial score (nSPS) is 19.3. The lowest BCUT2D eigenvalue weighted by molar-refractivity contribution is 0.146. The van der Waals surface area contributed by atoms with Gasteiger partial charge in [0.25, 0.3) is 6.43 Å². The number of nitrogens with zero attached hydrogens (tertiary/aromatic N) is 4. The first-order valence-electron chi connectivity index (χ1n) is 12.0. The van der Waals surface area contributed by atoms with Gasteiger partial charge in [-0.05, 0) is 18.2 Å². The van der Waals surface area contributed by atoms with Gasteiger partial charge in [-0.1, -0.05) is 32.0 Å². The van der Waals surface area contributed by atoms with E-state index in [2.05, 4.69) is 32.3 Å². The van der Waals surface area contributed by atoms with Crippen LogP contribution in [0.25, 0.3) is 16.7 Å². The van der Waals surface area contributed by atoms with Crippen LogP contribution < -0.4 is 10.2 Å². The van der Waals surface area contributed by atoms with Gasteiger partial charge in [0.1, 0.15) is 11.6 Å². The lowest BCUT2D eigenvalue weighted by atomic mass is 10.0. The molecule has 6 nitrogen and oxygen atoms in total. The maximum absolute atomic E-state index is 14.6. The number of anilines is 2. The molecule has 35 heavy (non-hydrogen) atoms. The highest BCUT2D eigenvalue weighted by atomic mass is 19.3. The molecule has 4 heterocycles. The van der Waals surface area contributed by atoms with Crippen molar-refractivity contribution in [2.24, 2.45) is 11.8 Å². The first-order valence-corrected chi connectivity index (χ1v) is 12.0. The topological polar surface area (TPSA) is 54.7 Å². The van der Waals surface area contributed by atoms with E-state index in [0.29, 0.717) is 23.4 Å². The maximum Gasteiger partial charge on any atom is 0.266 e. The minimum atomic E-state index is -2.86. The van der Waals surface area contributed by atoms with Crippen LogP contribution in [0.3, 0.4) is 0 Å². The fourth-order valence-electron chi connectivity index (χ4n) is 4.96. The second kappa shape index (κ2) is 9.73. The third-order valence-corrected chi connectivity index (χ3v) is 6.72. The van der Waals surface area contributed by atoms with Crippen LogP contribution in [-0.4, -0.2) is 40.7 Å². The molecule has 184 valence electrons. The highest BCUT2D eigenvalue weighted by molar-refractivity contribution is 5.93. The number of ether oxygens (including phenoxy) is 1. The van der Waals surface area contributed by atoms with Crippen molar-refractivity contribution in [3.63, 3.8) is 0 Å². The number of alkyl halides is 2. The Bertz CT molecular complexity index is 1330. The van der Waals surface area contributed by atoms with E-state index in [9.17, 15) is 13.2 Å².